The fraction of sp³-hybridized carbons (Fsp3) is 0.417. The number of ether oxygens (including phenoxy) is 2. The van der Waals surface area contributed by atoms with Gasteiger partial charge >= 0.3 is 0 Å². The van der Waals surface area contributed by atoms with Crippen molar-refractivity contribution in [2.24, 2.45) is 0 Å². The molecule has 0 saturated carbocycles. The molecule has 4 aromatic rings. The van der Waals surface area contributed by atoms with Crippen LogP contribution in [0.15, 0.2) is 41.1 Å². The predicted octanol–water partition coefficient (Wildman–Crippen LogP) is 2.81. The smallest absolute Gasteiger partial charge is 0.231 e. The summed E-state index contributed by atoms with van der Waals surface area (Å²) in [6.45, 7) is 6.08. The number of nitrogens with one attached hydrogen (secondary N) is 1. The molecule has 2 aliphatic heterocycles. The van der Waals surface area contributed by atoms with E-state index in [-0.39, 0.29) is 24.2 Å². The third-order valence-electron chi connectivity index (χ3n) is 6.25. The van der Waals surface area contributed by atoms with Crippen LogP contribution in [0.3, 0.4) is 0 Å². The molecule has 1 amide bonds. The lowest BCUT2D eigenvalue weighted by Crippen LogP contribution is -2.45. The van der Waals surface area contributed by atoms with E-state index in [2.05, 4.69) is 39.1 Å². The number of carbonyl (C=O) groups is 1. The van der Waals surface area contributed by atoms with E-state index in [0.29, 0.717) is 30.3 Å². The Kier molecular flexibility index (Phi) is 5.09. The summed E-state index contributed by atoms with van der Waals surface area (Å²) in [6, 6.07) is 7.51. The molecule has 6 heterocycles. The molecule has 2 saturated heterocycles. The van der Waals surface area contributed by atoms with E-state index in [0.717, 1.165) is 42.0 Å². The van der Waals surface area contributed by atoms with Crippen molar-refractivity contribution in [3.63, 3.8) is 0 Å². The molecule has 10 heteroatoms. The van der Waals surface area contributed by atoms with E-state index in [4.69, 9.17) is 13.9 Å². The monoisotopic (exact) mass is 462 g/mol. The van der Waals surface area contributed by atoms with Crippen molar-refractivity contribution in [1.82, 2.24) is 24.9 Å². The number of anilines is 1. The molecule has 2 aliphatic rings. The topological polar surface area (TPSA) is 107 Å². The van der Waals surface area contributed by atoms with Gasteiger partial charge in [0.15, 0.2) is 11.4 Å². The molecule has 6 rings (SSSR count). The van der Waals surface area contributed by atoms with Crippen LogP contribution >= 0.6 is 0 Å². The molecule has 0 bridgehead atoms. The molecule has 34 heavy (non-hydrogen) atoms. The summed E-state index contributed by atoms with van der Waals surface area (Å²) in [4.78, 5) is 22.8. The highest BCUT2D eigenvalue weighted by atomic mass is 16.5. The maximum absolute atomic E-state index is 11.4. The van der Waals surface area contributed by atoms with Crippen LogP contribution in [0.25, 0.3) is 28.1 Å². The zero-order valence-corrected chi connectivity index (χ0v) is 19.1. The first-order chi connectivity index (χ1) is 16.5. The molecule has 3 unspecified atom stereocenters. The number of aromatic nitrogens is 4. The summed E-state index contributed by atoms with van der Waals surface area (Å²) < 4.78 is 19.7. The number of fused-ring (bicyclic) bond motifs is 2. The second-order valence-electron chi connectivity index (χ2n) is 9.02. The maximum Gasteiger partial charge on any atom is 0.231 e. The number of amides is 1. The van der Waals surface area contributed by atoms with Gasteiger partial charge in [-0.05, 0) is 38.5 Å². The van der Waals surface area contributed by atoms with Gasteiger partial charge in [-0.1, -0.05) is 0 Å². The summed E-state index contributed by atoms with van der Waals surface area (Å²) in [7, 11) is 0. The Morgan fingerprint density at radius 3 is 2.82 bits per heavy atom. The van der Waals surface area contributed by atoms with Crippen molar-refractivity contribution in [2.45, 2.75) is 44.9 Å². The Balaban J connectivity index is 1.31. The van der Waals surface area contributed by atoms with E-state index >= 15 is 0 Å². The molecule has 176 valence electrons. The van der Waals surface area contributed by atoms with Crippen LogP contribution in [0.4, 0.5) is 5.82 Å². The first-order valence-electron chi connectivity index (χ1n) is 11.6. The second-order valence-corrected chi connectivity index (χ2v) is 9.02. The molecule has 0 aliphatic carbocycles. The average molecular weight is 463 g/mol. The van der Waals surface area contributed by atoms with E-state index in [9.17, 15) is 4.79 Å². The predicted molar refractivity (Wildman–Crippen MR) is 125 cm³/mol. The van der Waals surface area contributed by atoms with Gasteiger partial charge in [-0.3, -0.25) is 4.79 Å². The normalized spacial score (nSPS) is 23.1. The minimum absolute atomic E-state index is 0.0131. The van der Waals surface area contributed by atoms with E-state index in [1.165, 1.54) is 0 Å². The van der Waals surface area contributed by atoms with Gasteiger partial charge in [-0.25, -0.2) is 14.5 Å². The Bertz CT molecular complexity index is 1350. The highest BCUT2D eigenvalue weighted by Crippen LogP contribution is 2.34. The third kappa shape index (κ3) is 3.83. The zero-order valence-electron chi connectivity index (χ0n) is 19.1. The molecule has 4 aromatic heterocycles. The Labute approximate surface area is 195 Å². The number of morpholine rings is 1. The van der Waals surface area contributed by atoms with Crippen molar-refractivity contribution in [3.05, 3.63) is 36.7 Å². The summed E-state index contributed by atoms with van der Waals surface area (Å²) >= 11 is 0. The maximum atomic E-state index is 11.4. The van der Waals surface area contributed by atoms with Gasteiger partial charge in [0.1, 0.15) is 23.7 Å². The van der Waals surface area contributed by atoms with Crippen molar-refractivity contribution in [2.75, 3.05) is 24.6 Å². The lowest BCUT2D eigenvalue weighted by Gasteiger charge is -2.36. The van der Waals surface area contributed by atoms with Crippen molar-refractivity contribution in [3.8, 4) is 17.3 Å². The van der Waals surface area contributed by atoms with Gasteiger partial charge in [0, 0.05) is 31.8 Å². The largest absolute Gasteiger partial charge is 0.474 e. The summed E-state index contributed by atoms with van der Waals surface area (Å²) in [5.41, 5.74) is 2.16. The van der Waals surface area contributed by atoms with Crippen LogP contribution in [0.1, 0.15) is 26.7 Å². The highest BCUT2D eigenvalue weighted by molar-refractivity contribution is 5.92. The minimum atomic E-state index is 0.0131. The van der Waals surface area contributed by atoms with Crippen LogP contribution in [0.5, 0.6) is 5.88 Å². The van der Waals surface area contributed by atoms with Gasteiger partial charge in [-0.2, -0.15) is 0 Å². The van der Waals surface area contributed by atoms with Crippen LogP contribution in [-0.4, -0.2) is 63.4 Å². The van der Waals surface area contributed by atoms with Crippen LogP contribution in [-0.2, 0) is 9.53 Å². The van der Waals surface area contributed by atoms with Gasteiger partial charge in [-0.15, -0.1) is 5.10 Å². The number of hydrogen-bond acceptors (Lipinski definition) is 8. The third-order valence-corrected chi connectivity index (χ3v) is 6.25. The molecule has 0 radical (unpaired) electrons. The van der Waals surface area contributed by atoms with Crippen molar-refractivity contribution in [1.29, 1.82) is 0 Å². The summed E-state index contributed by atoms with van der Waals surface area (Å²) in [5.74, 6) is 2.06. The summed E-state index contributed by atoms with van der Waals surface area (Å²) in [5, 5.41) is 8.46. The van der Waals surface area contributed by atoms with Crippen molar-refractivity contribution >= 4 is 28.3 Å². The van der Waals surface area contributed by atoms with Crippen LogP contribution < -0.4 is 15.0 Å². The molecule has 10 nitrogen and oxygen atoms in total. The van der Waals surface area contributed by atoms with E-state index in [1.54, 1.807) is 23.0 Å². The lowest BCUT2D eigenvalue weighted by atomic mass is 10.2. The quantitative estimate of drug-likeness (QED) is 0.483. The number of hydrogen-bond donors (Lipinski definition) is 1. The number of nitrogens with zero attached hydrogens (tertiary/aromatic N) is 5. The minimum Gasteiger partial charge on any atom is -0.474 e. The van der Waals surface area contributed by atoms with Gasteiger partial charge in [0.05, 0.1) is 29.8 Å². The molecular weight excluding hydrogens is 436 g/mol. The first kappa shape index (κ1) is 20.9. The fourth-order valence-corrected chi connectivity index (χ4v) is 4.77. The van der Waals surface area contributed by atoms with E-state index in [1.807, 2.05) is 18.2 Å². The molecule has 0 spiro atoms. The van der Waals surface area contributed by atoms with E-state index < -0.39 is 0 Å². The Morgan fingerprint density at radius 2 is 2.03 bits per heavy atom. The fourth-order valence-electron chi connectivity index (χ4n) is 4.77. The zero-order chi connectivity index (χ0) is 23.2. The number of rotatable bonds is 5. The Morgan fingerprint density at radius 1 is 1.18 bits per heavy atom. The van der Waals surface area contributed by atoms with Gasteiger partial charge in [0.2, 0.25) is 11.8 Å². The average Bonchev–Trinajstić information content (AvgIpc) is 3.54. The number of furan rings is 1. The number of pyridine rings is 1. The summed E-state index contributed by atoms with van der Waals surface area (Å²) in [6.07, 6.45) is 5.09. The molecule has 2 fully saturated rings. The first-order valence-corrected chi connectivity index (χ1v) is 11.6. The SMILES string of the molecule is CC1CN(c2nccc3oc(-c4cnc5ccc(OCC6CCC(=O)N6)nn45)cc23)CC(C)O1. The number of carbonyl (C=O) groups excluding carboxylic acids is 1. The second kappa shape index (κ2) is 8.28. The van der Waals surface area contributed by atoms with Gasteiger partial charge in [0.25, 0.3) is 0 Å². The van der Waals surface area contributed by atoms with Gasteiger partial charge < -0.3 is 24.1 Å². The molecular formula is C24H26N6O4. The molecule has 3 atom stereocenters. The standard InChI is InChI=1S/C24H26N6O4/c1-14-11-29(12-15(2)33-14)24-17-9-20(34-19(17)7-8-25-24)18-10-26-21-4-6-23(28-30(18)21)32-13-16-3-5-22(31)27-16/h4,6-10,14-16H,3,5,11-13H2,1-2H3,(H,27,31). The highest BCUT2D eigenvalue weighted by Gasteiger charge is 2.26. The molecule has 0 aromatic carbocycles. The van der Waals surface area contributed by atoms with Crippen molar-refractivity contribution < 1.29 is 18.7 Å². The molecule has 1 N–H and O–H groups in total. The van der Waals surface area contributed by atoms with Crippen LogP contribution in [0, 0.1) is 0 Å². The Hall–Kier alpha value is -3.66. The van der Waals surface area contributed by atoms with Crippen LogP contribution in [0.2, 0.25) is 0 Å². The number of imidazole rings is 1. The lowest BCUT2D eigenvalue weighted by molar-refractivity contribution is -0.119.